The van der Waals surface area contributed by atoms with E-state index < -0.39 is 29.6 Å². The van der Waals surface area contributed by atoms with Gasteiger partial charge in [-0.15, -0.1) is 0 Å². The van der Waals surface area contributed by atoms with Gasteiger partial charge in [0, 0.05) is 6.42 Å². The van der Waals surface area contributed by atoms with Crippen molar-refractivity contribution in [1.29, 1.82) is 0 Å². The van der Waals surface area contributed by atoms with Gasteiger partial charge in [-0.3, -0.25) is 14.4 Å². The number of allylic oxidation sites excluding steroid dienone is 2. The van der Waals surface area contributed by atoms with Gasteiger partial charge in [0.2, 0.25) is 0 Å². The summed E-state index contributed by atoms with van der Waals surface area (Å²) in [5.41, 5.74) is -1.47. The SMILES string of the molecule is CC1=CC(=O)CC(C(=O)O)(C(=O)O)C1. The highest BCUT2D eigenvalue weighted by Gasteiger charge is 2.49. The van der Waals surface area contributed by atoms with Gasteiger partial charge in [0.05, 0.1) is 0 Å². The lowest BCUT2D eigenvalue weighted by molar-refractivity contribution is -0.166. The minimum Gasteiger partial charge on any atom is -0.480 e. The number of carbonyl (C=O) groups is 3. The lowest BCUT2D eigenvalue weighted by atomic mass is 9.74. The quantitative estimate of drug-likeness (QED) is 0.628. The summed E-state index contributed by atoms with van der Waals surface area (Å²) in [5.74, 6) is -3.35. The van der Waals surface area contributed by atoms with Gasteiger partial charge >= 0.3 is 11.9 Å². The average Bonchev–Trinajstić information content (AvgIpc) is 2.01. The smallest absolute Gasteiger partial charge is 0.321 e. The van der Waals surface area contributed by atoms with E-state index in [1.165, 1.54) is 6.08 Å². The van der Waals surface area contributed by atoms with Crippen LogP contribution in [0, 0.1) is 5.41 Å². The first-order chi connectivity index (χ1) is 6.38. The molecule has 0 heterocycles. The first kappa shape index (κ1) is 10.4. The number of carboxylic acid groups (broad SMARTS) is 2. The predicted molar refractivity (Wildman–Crippen MR) is 45.7 cm³/mol. The van der Waals surface area contributed by atoms with Crippen molar-refractivity contribution in [2.45, 2.75) is 19.8 Å². The molecule has 0 aromatic carbocycles. The zero-order chi connectivity index (χ0) is 10.9. The molecule has 0 unspecified atom stereocenters. The highest BCUT2D eigenvalue weighted by atomic mass is 16.4. The van der Waals surface area contributed by atoms with E-state index in [0.717, 1.165) is 0 Å². The molecule has 1 aliphatic rings. The maximum atomic E-state index is 11.1. The van der Waals surface area contributed by atoms with E-state index in [1.807, 2.05) is 0 Å². The van der Waals surface area contributed by atoms with E-state index in [-0.39, 0.29) is 6.42 Å². The van der Waals surface area contributed by atoms with Crippen LogP contribution < -0.4 is 0 Å². The largest absolute Gasteiger partial charge is 0.480 e. The number of carbonyl (C=O) groups excluding carboxylic acids is 1. The van der Waals surface area contributed by atoms with E-state index >= 15 is 0 Å². The lowest BCUT2D eigenvalue weighted by Gasteiger charge is -2.27. The van der Waals surface area contributed by atoms with Crippen LogP contribution in [-0.4, -0.2) is 27.9 Å². The van der Waals surface area contributed by atoms with Crippen LogP contribution in [0.4, 0.5) is 0 Å². The van der Waals surface area contributed by atoms with Gasteiger partial charge in [-0.2, -0.15) is 0 Å². The van der Waals surface area contributed by atoms with E-state index in [9.17, 15) is 14.4 Å². The first-order valence-electron chi connectivity index (χ1n) is 4.05. The fraction of sp³-hybridized carbons (Fsp3) is 0.444. The van der Waals surface area contributed by atoms with Crippen molar-refractivity contribution in [1.82, 2.24) is 0 Å². The summed E-state index contributed by atoms with van der Waals surface area (Å²) < 4.78 is 0. The van der Waals surface area contributed by atoms with Crippen LogP contribution in [0.5, 0.6) is 0 Å². The Morgan fingerprint density at radius 3 is 2.14 bits per heavy atom. The second-order valence-corrected chi connectivity index (χ2v) is 3.50. The summed E-state index contributed by atoms with van der Waals surface area (Å²) in [6, 6.07) is 0. The Kier molecular flexibility index (Phi) is 2.42. The topological polar surface area (TPSA) is 91.7 Å². The molecule has 0 aromatic rings. The van der Waals surface area contributed by atoms with Crippen LogP contribution in [0.3, 0.4) is 0 Å². The highest BCUT2D eigenvalue weighted by Crippen LogP contribution is 2.35. The average molecular weight is 198 g/mol. The molecule has 0 atom stereocenters. The van der Waals surface area contributed by atoms with Crippen molar-refractivity contribution >= 4 is 17.7 Å². The van der Waals surface area contributed by atoms with Crippen LogP contribution in [0.15, 0.2) is 11.6 Å². The second kappa shape index (κ2) is 3.25. The Hall–Kier alpha value is -1.65. The van der Waals surface area contributed by atoms with Gasteiger partial charge < -0.3 is 10.2 Å². The molecule has 0 fully saturated rings. The van der Waals surface area contributed by atoms with Crippen molar-refractivity contribution < 1.29 is 24.6 Å². The minimum atomic E-state index is -1.96. The molecule has 5 nitrogen and oxygen atoms in total. The highest BCUT2D eigenvalue weighted by molar-refractivity contribution is 6.06. The number of carboxylic acids is 2. The van der Waals surface area contributed by atoms with E-state index in [2.05, 4.69) is 0 Å². The molecule has 76 valence electrons. The molecule has 0 aliphatic heterocycles. The second-order valence-electron chi connectivity index (χ2n) is 3.50. The number of aliphatic carboxylic acids is 2. The third-order valence-corrected chi connectivity index (χ3v) is 2.28. The van der Waals surface area contributed by atoms with Crippen molar-refractivity contribution in [2.75, 3.05) is 0 Å². The van der Waals surface area contributed by atoms with Gasteiger partial charge in [-0.1, -0.05) is 5.57 Å². The Morgan fingerprint density at radius 1 is 1.29 bits per heavy atom. The van der Waals surface area contributed by atoms with E-state index in [4.69, 9.17) is 10.2 Å². The molecular weight excluding hydrogens is 188 g/mol. The standard InChI is InChI=1S/C9H10O5/c1-5-2-6(10)4-9(3-5,7(11)12)8(13)14/h2H,3-4H2,1H3,(H,11,12)(H,13,14). The molecule has 0 saturated heterocycles. The molecule has 0 aromatic heterocycles. The summed E-state index contributed by atoms with van der Waals surface area (Å²) in [5, 5.41) is 17.7. The predicted octanol–water partition coefficient (Wildman–Crippen LogP) is 0.451. The van der Waals surface area contributed by atoms with Gasteiger partial charge in [0.25, 0.3) is 0 Å². The summed E-state index contributed by atoms with van der Waals surface area (Å²) >= 11 is 0. The summed E-state index contributed by atoms with van der Waals surface area (Å²) in [6.07, 6.45) is 0.725. The minimum absolute atomic E-state index is 0.108. The zero-order valence-corrected chi connectivity index (χ0v) is 7.61. The Labute approximate surface area is 80.0 Å². The third kappa shape index (κ3) is 1.53. The maximum absolute atomic E-state index is 11.1. The molecule has 0 spiro atoms. The lowest BCUT2D eigenvalue weighted by Crippen LogP contribution is -2.43. The fourth-order valence-electron chi connectivity index (χ4n) is 1.61. The Morgan fingerprint density at radius 2 is 1.79 bits per heavy atom. The summed E-state index contributed by atoms with van der Waals surface area (Å²) in [4.78, 5) is 32.8. The maximum Gasteiger partial charge on any atom is 0.321 e. The molecule has 0 amide bonds. The fourth-order valence-corrected chi connectivity index (χ4v) is 1.61. The molecular formula is C9H10O5. The summed E-state index contributed by atoms with van der Waals surface area (Å²) in [7, 11) is 0. The monoisotopic (exact) mass is 198 g/mol. The van der Waals surface area contributed by atoms with Crippen molar-refractivity contribution in [3.8, 4) is 0 Å². The number of hydrogen-bond donors (Lipinski definition) is 2. The van der Waals surface area contributed by atoms with E-state index in [1.54, 1.807) is 6.92 Å². The molecule has 0 saturated carbocycles. The molecule has 5 heteroatoms. The summed E-state index contributed by atoms with van der Waals surface area (Å²) in [6.45, 7) is 1.55. The Balaban J connectivity index is 3.15. The van der Waals surface area contributed by atoms with Crippen LogP contribution in [0.25, 0.3) is 0 Å². The Bertz CT molecular complexity index is 325. The van der Waals surface area contributed by atoms with Crippen molar-refractivity contribution in [2.24, 2.45) is 5.41 Å². The number of hydrogen-bond acceptors (Lipinski definition) is 3. The molecule has 14 heavy (non-hydrogen) atoms. The van der Waals surface area contributed by atoms with Crippen molar-refractivity contribution in [3.63, 3.8) is 0 Å². The van der Waals surface area contributed by atoms with Gasteiger partial charge in [-0.25, -0.2) is 0 Å². The third-order valence-electron chi connectivity index (χ3n) is 2.28. The van der Waals surface area contributed by atoms with Gasteiger partial charge in [0.1, 0.15) is 0 Å². The first-order valence-corrected chi connectivity index (χ1v) is 4.05. The van der Waals surface area contributed by atoms with Crippen molar-refractivity contribution in [3.05, 3.63) is 11.6 Å². The van der Waals surface area contributed by atoms with Crippen LogP contribution in [0.2, 0.25) is 0 Å². The van der Waals surface area contributed by atoms with E-state index in [0.29, 0.717) is 5.57 Å². The van der Waals surface area contributed by atoms with Crippen LogP contribution >= 0.6 is 0 Å². The van der Waals surface area contributed by atoms with Crippen LogP contribution in [0.1, 0.15) is 19.8 Å². The zero-order valence-electron chi connectivity index (χ0n) is 7.61. The number of ketones is 1. The van der Waals surface area contributed by atoms with Gasteiger partial charge in [-0.05, 0) is 19.4 Å². The molecule has 1 aliphatic carbocycles. The van der Waals surface area contributed by atoms with Gasteiger partial charge in [0.15, 0.2) is 11.2 Å². The normalized spacial score (nSPS) is 20.1. The molecule has 2 N–H and O–H groups in total. The molecule has 0 radical (unpaired) electrons. The number of rotatable bonds is 2. The molecule has 1 rings (SSSR count). The van der Waals surface area contributed by atoms with Crippen LogP contribution in [-0.2, 0) is 14.4 Å². The molecule has 0 bridgehead atoms.